The minimum Gasteiger partial charge on any atom is -0.383 e. The van der Waals surface area contributed by atoms with Crippen LogP contribution in [0.5, 0.6) is 0 Å². The zero-order valence-corrected chi connectivity index (χ0v) is 13.4. The number of carbonyl (C=O) groups excluding carboxylic acids is 1. The van der Waals surface area contributed by atoms with Crippen molar-refractivity contribution < 1.29 is 9.53 Å². The third-order valence-corrected chi connectivity index (χ3v) is 3.78. The number of aryl methyl sites for hydroxylation is 2. The number of carbonyl (C=O) groups is 1. The number of Topliss-reactive ketones (excluding diaryl/α,β-unsaturated/α-hetero) is 1. The lowest BCUT2D eigenvalue weighted by atomic mass is 10.2. The van der Waals surface area contributed by atoms with E-state index in [2.05, 4.69) is 33.3 Å². The van der Waals surface area contributed by atoms with Crippen molar-refractivity contribution in [2.45, 2.75) is 33.2 Å². The van der Waals surface area contributed by atoms with Crippen molar-refractivity contribution in [1.82, 2.24) is 15.1 Å². The van der Waals surface area contributed by atoms with Gasteiger partial charge in [0.05, 0.1) is 35.4 Å². The molecule has 0 saturated heterocycles. The van der Waals surface area contributed by atoms with Crippen molar-refractivity contribution in [1.29, 1.82) is 0 Å². The predicted octanol–water partition coefficient (Wildman–Crippen LogP) is 1.58. The lowest BCUT2D eigenvalue weighted by Crippen LogP contribution is -2.27. The lowest BCUT2D eigenvalue weighted by Gasteiger charge is -2.06. The van der Waals surface area contributed by atoms with Crippen molar-refractivity contribution >= 4 is 21.7 Å². The van der Waals surface area contributed by atoms with Crippen molar-refractivity contribution in [2.24, 2.45) is 0 Å². The number of ether oxygens (including phenoxy) is 1. The van der Waals surface area contributed by atoms with Gasteiger partial charge in [0.2, 0.25) is 0 Å². The maximum absolute atomic E-state index is 11.9. The van der Waals surface area contributed by atoms with Gasteiger partial charge in [0, 0.05) is 20.2 Å². The molecular formula is C13H22BrN3O2. The van der Waals surface area contributed by atoms with Gasteiger partial charge in [-0.1, -0.05) is 6.92 Å². The van der Waals surface area contributed by atoms with E-state index in [1.807, 2.05) is 11.6 Å². The Hall–Kier alpha value is -0.720. The number of halogens is 1. The van der Waals surface area contributed by atoms with Gasteiger partial charge in [0.1, 0.15) is 0 Å². The molecule has 0 bridgehead atoms. The number of nitrogens with one attached hydrogen (secondary N) is 1. The van der Waals surface area contributed by atoms with Gasteiger partial charge in [-0.25, -0.2) is 0 Å². The molecule has 0 fully saturated rings. The van der Waals surface area contributed by atoms with Gasteiger partial charge < -0.3 is 10.1 Å². The first kappa shape index (κ1) is 16.3. The van der Waals surface area contributed by atoms with Crippen LogP contribution in [0.4, 0.5) is 0 Å². The van der Waals surface area contributed by atoms with E-state index in [1.165, 1.54) is 0 Å². The fourth-order valence-corrected chi connectivity index (χ4v) is 2.54. The van der Waals surface area contributed by atoms with Crippen LogP contribution in [0.15, 0.2) is 4.47 Å². The van der Waals surface area contributed by atoms with Crippen LogP contribution in [0, 0.1) is 0 Å². The smallest absolute Gasteiger partial charge is 0.152 e. The molecule has 0 aliphatic heterocycles. The van der Waals surface area contributed by atoms with E-state index in [-0.39, 0.29) is 5.78 Å². The van der Waals surface area contributed by atoms with Gasteiger partial charge in [0.25, 0.3) is 0 Å². The van der Waals surface area contributed by atoms with E-state index in [1.54, 1.807) is 7.11 Å². The van der Waals surface area contributed by atoms with Crippen LogP contribution >= 0.6 is 15.9 Å². The average Bonchev–Trinajstić information content (AvgIpc) is 2.71. The number of hydrogen-bond acceptors (Lipinski definition) is 4. The summed E-state index contributed by atoms with van der Waals surface area (Å²) in [5, 5.41) is 7.55. The molecule has 1 aromatic rings. The first-order valence-corrected chi connectivity index (χ1v) is 7.38. The molecule has 5 nitrogen and oxygen atoms in total. The molecule has 0 aromatic carbocycles. The summed E-state index contributed by atoms with van der Waals surface area (Å²) in [7, 11) is 1.65. The number of aromatic nitrogens is 2. The molecule has 1 rings (SSSR count). The Kier molecular flexibility index (Phi) is 7.27. The average molecular weight is 332 g/mol. The highest BCUT2D eigenvalue weighted by molar-refractivity contribution is 9.10. The molecule has 0 spiro atoms. The van der Waals surface area contributed by atoms with Gasteiger partial charge in [-0.05, 0) is 29.3 Å². The molecule has 1 aromatic heterocycles. The summed E-state index contributed by atoms with van der Waals surface area (Å²) in [5.74, 6) is 0.161. The Morgan fingerprint density at radius 1 is 1.47 bits per heavy atom. The van der Waals surface area contributed by atoms with Crippen molar-refractivity contribution in [3.05, 3.63) is 15.9 Å². The molecule has 0 saturated carbocycles. The SMILES string of the molecule is CCc1nn(CC)c(CC(=O)CNCCOC)c1Br. The maximum atomic E-state index is 11.9. The van der Waals surface area contributed by atoms with Crippen molar-refractivity contribution in [3.8, 4) is 0 Å². The van der Waals surface area contributed by atoms with Crippen LogP contribution in [-0.4, -0.2) is 42.4 Å². The fraction of sp³-hybridized carbons (Fsp3) is 0.692. The third kappa shape index (κ3) is 4.71. The summed E-state index contributed by atoms with van der Waals surface area (Å²) < 4.78 is 7.79. The van der Waals surface area contributed by atoms with Crippen molar-refractivity contribution in [3.63, 3.8) is 0 Å². The van der Waals surface area contributed by atoms with Gasteiger partial charge >= 0.3 is 0 Å². The molecule has 1 N–H and O–H groups in total. The Morgan fingerprint density at radius 2 is 2.21 bits per heavy atom. The van der Waals surface area contributed by atoms with E-state index >= 15 is 0 Å². The molecule has 0 aliphatic rings. The number of hydrogen-bond donors (Lipinski definition) is 1. The number of ketones is 1. The predicted molar refractivity (Wildman–Crippen MR) is 78.4 cm³/mol. The second-order valence-corrected chi connectivity index (χ2v) is 5.05. The third-order valence-electron chi connectivity index (χ3n) is 2.86. The summed E-state index contributed by atoms with van der Waals surface area (Å²) in [6.45, 7) is 6.54. The van der Waals surface area contributed by atoms with E-state index in [9.17, 15) is 4.79 Å². The first-order chi connectivity index (χ1) is 9.13. The van der Waals surface area contributed by atoms with Crippen LogP contribution in [-0.2, 0) is 28.9 Å². The maximum Gasteiger partial charge on any atom is 0.152 e. The Labute approximate surface area is 122 Å². The van der Waals surface area contributed by atoms with E-state index in [0.29, 0.717) is 26.1 Å². The summed E-state index contributed by atoms with van der Waals surface area (Å²) in [6.07, 6.45) is 1.27. The van der Waals surface area contributed by atoms with Gasteiger partial charge in [-0.3, -0.25) is 9.48 Å². The van der Waals surface area contributed by atoms with Crippen LogP contribution < -0.4 is 5.32 Å². The molecule has 0 radical (unpaired) electrons. The molecular weight excluding hydrogens is 310 g/mol. The summed E-state index contributed by atoms with van der Waals surface area (Å²) in [5.41, 5.74) is 1.98. The Balaban J connectivity index is 2.60. The first-order valence-electron chi connectivity index (χ1n) is 6.59. The molecule has 0 unspecified atom stereocenters. The second-order valence-electron chi connectivity index (χ2n) is 4.26. The molecule has 108 valence electrons. The minimum atomic E-state index is 0.161. The largest absolute Gasteiger partial charge is 0.383 e. The van der Waals surface area contributed by atoms with E-state index in [0.717, 1.165) is 28.8 Å². The molecule has 0 aliphatic carbocycles. The standard InChI is InChI=1S/C13H22BrN3O2/c1-4-11-13(14)12(17(5-2)16-11)8-10(18)9-15-6-7-19-3/h15H,4-9H2,1-3H3. The summed E-state index contributed by atoms with van der Waals surface area (Å²) in [6, 6.07) is 0. The number of nitrogens with zero attached hydrogens (tertiary/aromatic N) is 2. The minimum absolute atomic E-state index is 0.161. The fourth-order valence-electron chi connectivity index (χ4n) is 1.84. The molecule has 6 heteroatoms. The molecule has 0 amide bonds. The van der Waals surface area contributed by atoms with Crippen LogP contribution in [0.25, 0.3) is 0 Å². The van der Waals surface area contributed by atoms with Crippen LogP contribution in [0.2, 0.25) is 0 Å². The van der Waals surface area contributed by atoms with E-state index < -0.39 is 0 Å². The van der Waals surface area contributed by atoms with Gasteiger partial charge in [0.15, 0.2) is 5.78 Å². The number of methoxy groups -OCH3 is 1. The topological polar surface area (TPSA) is 56.2 Å². The highest BCUT2D eigenvalue weighted by Gasteiger charge is 2.16. The molecule has 0 atom stereocenters. The normalized spacial score (nSPS) is 10.9. The van der Waals surface area contributed by atoms with Crippen molar-refractivity contribution in [2.75, 3.05) is 26.8 Å². The second kappa shape index (κ2) is 8.45. The summed E-state index contributed by atoms with van der Waals surface area (Å²) in [4.78, 5) is 11.9. The van der Waals surface area contributed by atoms with Crippen LogP contribution in [0.1, 0.15) is 25.2 Å². The highest BCUT2D eigenvalue weighted by atomic mass is 79.9. The Morgan fingerprint density at radius 3 is 2.79 bits per heavy atom. The Bertz CT molecular complexity index is 418. The summed E-state index contributed by atoms with van der Waals surface area (Å²) >= 11 is 3.55. The van der Waals surface area contributed by atoms with Crippen LogP contribution in [0.3, 0.4) is 0 Å². The van der Waals surface area contributed by atoms with Gasteiger partial charge in [-0.15, -0.1) is 0 Å². The zero-order valence-electron chi connectivity index (χ0n) is 11.8. The zero-order chi connectivity index (χ0) is 14.3. The highest BCUT2D eigenvalue weighted by Crippen LogP contribution is 2.22. The molecule has 1 heterocycles. The molecule has 19 heavy (non-hydrogen) atoms. The number of rotatable bonds is 9. The quantitative estimate of drug-likeness (QED) is 0.698. The van der Waals surface area contributed by atoms with E-state index in [4.69, 9.17) is 4.74 Å². The monoisotopic (exact) mass is 331 g/mol. The lowest BCUT2D eigenvalue weighted by molar-refractivity contribution is -0.117. The van der Waals surface area contributed by atoms with Gasteiger partial charge in [-0.2, -0.15) is 5.10 Å².